The van der Waals surface area contributed by atoms with Crippen LogP contribution in [-0.4, -0.2) is 25.2 Å². The highest BCUT2D eigenvalue weighted by Gasteiger charge is 2.21. The molecule has 2 N–H and O–H groups in total. The second-order valence-corrected chi connectivity index (χ2v) is 5.16. The van der Waals surface area contributed by atoms with Gasteiger partial charge in [-0.3, -0.25) is 4.79 Å². The monoisotopic (exact) mass is 292 g/mol. The molecule has 0 fully saturated rings. The minimum absolute atomic E-state index is 0.292. The summed E-state index contributed by atoms with van der Waals surface area (Å²) >= 11 is 1.36. The van der Waals surface area contributed by atoms with E-state index in [1.54, 1.807) is 14.0 Å². The van der Waals surface area contributed by atoms with Gasteiger partial charge in [0.1, 0.15) is 5.75 Å². The molecule has 0 radical (unpaired) electrons. The van der Waals surface area contributed by atoms with Crippen LogP contribution in [0, 0.1) is 0 Å². The Hall–Kier alpha value is -2.08. The molecule has 0 bridgehead atoms. The second-order valence-electron chi connectivity index (χ2n) is 4.27. The van der Waals surface area contributed by atoms with Crippen LogP contribution >= 0.6 is 11.3 Å². The van der Waals surface area contributed by atoms with Gasteiger partial charge in [0.05, 0.1) is 25.8 Å². The Morgan fingerprint density at radius 1 is 1.40 bits per heavy atom. The lowest BCUT2D eigenvalue weighted by Crippen LogP contribution is -2.12. The normalized spacial score (nSPS) is 11.9. The molecule has 2 aromatic rings. The van der Waals surface area contributed by atoms with Crippen LogP contribution in [0.4, 0.5) is 5.13 Å². The summed E-state index contributed by atoms with van der Waals surface area (Å²) < 4.78 is 10.0. The molecule has 0 aliphatic heterocycles. The van der Waals surface area contributed by atoms with Crippen molar-refractivity contribution in [2.24, 2.45) is 0 Å². The second kappa shape index (κ2) is 5.92. The third-order valence-electron chi connectivity index (χ3n) is 3.08. The van der Waals surface area contributed by atoms with Crippen LogP contribution in [-0.2, 0) is 9.53 Å². The van der Waals surface area contributed by atoms with Crippen LogP contribution in [0.2, 0.25) is 0 Å². The van der Waals surface area contributed by atoms with Crippen molar-refractivity contribution in [2.75, 3.05) is 20.0 Å². The third-order valence-corrected chi connectivity index (χ3v) is 3.75. The van der Waals surface area contributed by atoms with E-state index in [4.69, 9.17) is 15.2 Å². The number of aromatic nitrogens is 1. The summed E-state index contributed by atoms with van der Waals surface area (Å²) in [6.45, 7) is 1.80. The van der Waals surface area contributed by atoms with E-state index < -0.39 is 0 Å². The molecular weight excluding hydrogens is 276 g/mol. The van der Waals surface area contributed by atoms with Crippen LogP contribution in [0.15, 0.2) is 23.6 Å². The maximum atomic E-state index is 11.8. The standard InChI is InChI=1S/C14H16N2O3S/c1-8(13(17)19-3)10-5-4-9(18-2)6-11(10)12-7-20-14(15)16-12/h4-8H,1-3H3,(H2,15,16). The summed E-state index contributed by atoms with van der Waals surface area (Å²) in [7, 11) is 2.97. The molecule has 0 aliphatic rings. The average Bonchev–Trinajstić information content (AvgIpc) is 2.91. The number of rotatable bonds is 4. The maximum Gasteiger partial charge on any atom is 0.312 e. The SMILES string of the molecule is COC(=O)C(C)c1ccc(OC)cc1-c1csc(N)n1. The molecule has 1 aromatic heterocycles. The zero-order chi connectivity index (χ0) is 14.7. The van der Waals surface area contributed by atoms with E-state index in [1.807, 2.05) is 23.6 Å². The molecule has 106 valence electrons. The van der Waals surface area contributed by atoms with Gasteiger partial charge in [-0.2, -0.15) is 0 Å². The van der Waals surface area contributed by atoms with Crippen molar-refractivity contribution in [3.05, 3.63) is 29.1 Å². The molecule has 2 rings (SSSR count). The Labute approximate surface area is 121 Å². The number of esters is 1. The van der Waals surface area contributed by atoms with Crippen molar-refractivity contribution in [1.29, 1.82) is 0 Å². The van der Waals surface area contributed by atoms with E-state index in [0.717, 1.165) is 16.8 Å². The van der Waals surface area contributed by atoms with Crippen molar-refractivity contribution in [3.63, 3.8) is 0 Å². The zero-order valence-corrected chi connectivity index (χ0v) is 12.4. The van der Waals surface area contributed by atoms with Gasteiger partial charge < -0.3 is 15.2 Å². The Bertz CT molecular complexity index is 625. The van der Waals surface area contributed by atoms with Gasteiger partial charge in [-0.25, -0.2) is 4.98 Å². The number of ether oxygens (including phenoxy) is 2. The van der Waals surface area contributed by atoms with E-state index in [2.05, 4.69) is 4.98 Å². The Morgan fingerprint density at radius 3 is 2.70 bits per heavy atom. The first kappa shape index (κ1) is 14.3. The van der Waals surface area contributed by atoms with Gasteiger partial charge in [0.2, 0.25) is 0 Å². The fraction of sp³-hybridized carbons (Fsp3) is 0.286. The van der Waals surface area contributed by atoms with Crippen molar-refractivity contribution in [2.45, 2.75) is 12.8 Å². The lowest BCUT2D eigenvalue weighted by atomic mass is 9.94. The van der Waals surface area contributed by atoms with Crippen LogP contribution in [0.3, 0.4) is 0 Å². The molecular formula is C14H16N2O3S. The molecule has 0 saturated carbocycles. The Morgan fingerprint density at radius 2 is 2.15 bits per heavy atom. The number of benzene rings is 1. The zero-order valence-electron chi connectivity index (χ0n) is 11.5. The van der Waals surface area contributed by atoms with Gasteiger partial charge in [-0.1, -0.05) is 6.07 Å². The summed E-state index contributed by atoms with van der Waals surface area (Å²) in [6, 6.07) is 5.52. The van der Waals surface area contributed by atoms with E-state index >= 15 is 0 Å². The van der Waals surface area contributed by atoms with Crippen molar-refractivity contribution in [3.8, 4) is 17.0 Å². The average molecular weight is 292 g/mol. The highest BCUT2D eigenvalue weighted by molar-refractivity contribution is 7.13. The van der Waals surface area contributed by atoms with Gasteiger partial charge in [0, 0.05) is 10.9 Å². The number of methoxy groups -OCH3 is 2. The molecule has 0 saturated heterocycles. The summed E-state index contributed by atoms with van der Waals surface area (Å²) in [5.41, 5.74) is 8.08. The summed E-state index contributed by atoms with van der Waals surface area (Å²) in [5, 5.41) is 2.34. The molecule has 1 heterocycles. The molecule has 6 heteroatoms. The predicted octanol–water partition coefficient (Wildman–Crippen LogP) is 2.68. The van der Waals surface area contributed by atoms with Gasteiger partial charge in [-0.05, 0) is 24.6 Å². The number of carbonyl (C=O) groups is 1. The summed E-state index contributed by atoms with van der Waals surface area (Å²) in [6.07, 6.45) is 0. The van der Waals surface area contributed by atoms with Crippen LogP contribution in [0.25, 0.3) is 11.3 Å². The molecule has 5 nitrogen and oxygen atoms in total. The fourth-order valence-corrected chi connectivity index (χ4v) is 2.54. The third kappa shape index (κ3) is 2.75. The number of nitrogens with zero attached hydrogens (tertiary/aromatic N) is 1. The van der Waals surface area contributed by atoms with E-state index in [9.17, 15) is 4.79 Å². The largest absolute Gasteiger partial charge is 0.497 e. The van der Waals surface area contributed by atoms with Crippen LogP contribution in [0.1, 0.15) is 18.4 Å². The van der Waals surface area contributed by atoms with Crippen LogP contribution in [0.5, 0.6) is 5.75 Å². The first-order valence-corrected chi connectivity index (χ1v) is 6.92. The first-order valence-electron chi connectivity index (χ1n) is 6.04. The van der Waals surface area contributed by atoms with E-state index in [1.165, 1.54) is 18.4 Å². The molecule has 1 atom stereocenters. The highest BCUT2D eigenvalue weighted by Crippen LogP contribution is 2.34. The fourth-order valence-electron chi connectivity index (χ4n) is 1.98. The first-order chi connectivity index (χ1) is 9.56. The number of thiazole rings is 1. The maximum absolute atomic E-state index is 11.8. The smallest absolute Gasteiger partial charge is 0.312 e. The number of hydrogen-bond donors (Lipinski definition) is 1. The van der Waals surface area contributed by atoms with E-state index in [0.29, 0.717) is 10.9 Å². The molecule has 1 aromatic carbocycles. The van der Waals surface area contributed by atoms with Crippen molar-refractivity contribution >= 4 is 22.4 Å². The summed E-state index contributed by atoms with van der Waals surface area (Å²) in [5.74, 6) is 0.0239. The van der Waals surface area contributed by atoms with Gasteiger partial charge in [-0.15, -0.1) is 11.3 Å². The lowest BCUT2D eigenvalue weighted by molar-refractivity contribution is -0.141. The van der Waals surface area contributed by atoms with Gasteiger partial charge in [0.25, 0.3) is 0 Å². The minimum atomic E-state index is -0.385. The quantitative estimate of drug-likeness (QED) is 0.877. The number of nitrogen functional groups attached to an aromatic ring is 1. The highest BCUT2D eigenvalue weighted by atomic mass is 32.1. The number of carbonyl (C=O) groups excluding carboxylic acids is 1. The minimum Gasteiger partial charge on any atom is -0.497 e. The lowest BCUT2D eigenvalue weighted by Gasteiger charge is -2.14. The van der Waals surface area contributed by atoms with Gasteiger partial charge in [0.15, 0.2) is 5.13 Å². The van der Waals surface area contributed by atoms with Gasteiger partial charge >= 0.3 is 5.97 Å². The summed E-state index contributed by atoms with van der Waals surface area (Å²) in [4.78, 5) is 16.0. The van der Waals surface area contributed by atoms with E-state index in [-0.39, 0.29) is 11.9 Å². The Balaban J connectivity index is 2.54. The topological polar surface area (TPSA) is 74.4 Å². The molecule has 1 unspecified atom stereocenters. The number of hydrogen-bond acceptors (Lipinski definition) is 6. The Kier molecular flexibility index (Phi) is 4.24. The molecule has 20 heavy (non-hydrogen) atoms. The van der Waals surface area contributed by atoms with Crippen molar-refractivity contribution in [1.82, 2.24) is 4.98 Å². The molecule has 0 amide bonds. The van der Waals surface area contributed by atoms with Crippen molar-refractivity contribution < 1.29 is 14.3 Å². The molecule has 0 aliphatic carbocycles. The number of anilines is 1. The molecule has 0 spiro atoms. The number of nitrogens with two attached hydrogens (primary N) is 1. The predicted molar refractivity (Wildman–Crippen MR) is 78.9 cm³/mol. The van der Waals surface area contributed by atoms with Crippen LogP contribution < -0.4 is 10.5 Å².